The minimum absolute atomic E-state index is 0.123. The van der Waals surface area contributed by atoms with Gasteiger partial charge in [0.2, 0.25) is 5.91 Å². The highest BCUT2D eigenvalue weighted by Crippen LogP contribution is 2.22. The first-order valence-corrected chi connectivity index (χ1v) is 10.6. The van der Waals surface area contributed by atoms with Gasteiger partial charge >= 0.3 is 0 Å². The van der Waals surface area contributed by atoms with Crippen LogP contribution in [0.1, 0.15) is 16.1 Å². The number of anilines is 1. The molecule has 0 saturated heterocycles. The first-order valence-electron chi connectivity index (χ1n) is 9.57. The summed E-state index contributed by atoms with van der Waals surface area (Å²) in [6.07, 6.45) is 1.42. The van der Waals surface area contributed by atoms with E-state index in [0.29, 0.717) is 16.4 Å². The fraction of sp³-hybridized carbons (Fsp3) is 0.0417. The average molecular weight is 430 g/mol. The van der Waals surface area contributed by atoms with E-state index < -0.39 is 0 Å². The lowest BCUT2D eigenvalue weighted by molar-refractivity contribution is -0.113. The van der Waals surface area contributed by atoms with Crippen LogP contribution in [0, 0.1) is 0 Å². The summed E-state index contributed by atoms with van der Waals surface area (Å²) < 4.78 is 5.61. The van der Waals surface area contributed by atoms with Crippen LogP contribution in [0.15, 0.2) is 99.5 Å². The van der Waals surface area contributed by atoms with Gasteiger partial charge in [-0.05, 0) is 47.2 Å². The molecule has 154 valence electrons. The summed E-state index contributed by atoms with van der Waals surface area (Å²) in [5.74, 6) is 0.262. The van der Waals surface area contributed by atoms with Crippen molar-refractivity contribution < 1.29 is 14.0 Å². The van der Waals surface area contributed by atoms with Gasteiger partial charge in [0.05, 0.1) is 12.0 Å². The Bertz CT molecular complexity index is 1240. The van der Waals surface area contributed by atoms with Gasteiger partial charge in [0.1, 0.15) is 5.76 Å². The van der Waals surface area contributed by atoms with Gasteiger partial charge in [-0.3, -0.25) is 9.59 Å². The lowest BCUT2D eigenvalue weighted by Crippen LogP contribution is -2.17. The maximum absolute atomic E-state index is 12.3. The standard InChI is InChI=1S/C24H19N3O3S/c28-22(26-20-11-10-17-6-4-5-9-19(17)14-20)16-31-23-13-12-21(30-23)15-25-27-24(29)18-7-2-1-3-8-18/h1-15H,16H2,(H,26,28)(H,27,29)/b25-15+. The Morgan fingerprint density at radius 3 is 2.52 bits per heavy atom. The fourth-order valence-corrected chi connectivity index (χ4v) is 3.56. The summed E-state index contributed by atoms with van der Waals surface area (Å²) in [6, 6.07) is 26.1. The lowest BCUT2D eigenvalue weighted by Gasteiger charge is -2.06. The molecule has 0 radical (unpaired) electrons. The molecule has 2 N–H and O–H groups in total. The monoisotopic (exact) mass is 429 g/mol. The number of fused-ring (bicyclic) bond motifs is 1. The highest BCUT2D eigenvalue weighted by atomic mass is 32.2. The number of hydrogen-bond acceptors (Lipinski definition) is 5. The number of benzene rings is 3. The number of thioether (sulfide) groups is 1. The normalized spacial score (nSPS) is 11.0. The second-order valence-corrected chi connectivity index (χ2v) is 7.60. The Kier molecular flexibility index (Phi) is 6.44. The van der Waals surface area contributed by atoms with Crippen LogP contribution in [0.4, 0.5) is 5.69 Å². The molecule has 1 aromatic heterocycles. The van der Waals surface area contributed by atoms with E-state index in [9.17, 15) is 9.59 Å². The van der Waals surface area contributed by atoms with Gasteiger partial charge in [0.15, 0.2) is 5.09 Å². The molecule has 0 aliphatic carbocycles. The zero-order chi connectivity index (χ0) is 21.5. The number of nitrogens with one attached hydrogen (secondary N) is 2. The number of carbonyl (C=O) groups is 2. The van der Waals surface area contributed by atoms with Crippen LogP contribution >= 0.6 is 11.8 Å². The van der Waals surface area contributed by atoms with Crippen molar-refractivity contribution in [1.82, 2.24) is 5.43 Å². The third kappa shape index (κ3) is 5.61. The number of furan rings is 1. The molecule has 0 bridgehead atoms. The molecule has 0 saturated carbocycles. The number of amides is 2. The van der Waals surface area contributed by atoms with Crippen molar-refractivity contribution in [3.05, 3.63) is 96.3 Å². The molecule has 6 nitrogen and oxygen atoms in total. The summed E-state index contributed by atoms with van der Waals surface area (Å²) in [6.45, 7) is 0. The lowest BCUT2D eigenvalue weighted by atomic mass is 10.1. The van der Waals surface area contributed by atoms with Crippen molar-refractivity contribution in [3.63, 3.8) is 0 Å². The van der Waals surface area contributed by atoms with E-state index in [1.807, 2.05) is 48.5 Å². The van der Waals surface area contributed by atoms with Crippen LogP contribution in [0.2, 0.25) is 0 Å². The average Bonchev–Trinajstić information content (AvgIpc) is 3.26. The largest absolute Gasteiger partial charge is 0.449 e. The molecule has 4 rings (SSSR count). The van der Waals surface area contributed by atoms with E-state index in [4.69, 9.17) is 4.42 Å². The zero-order valence-electron chi connectivity index (χ0n) is 16.4. The van der Waals surface area contributed by atoms with Crippen molar-refractivity contribution in [2.75, 3.05) is 11.1 Å². The third-order valence-corrected chi connectivity index (χ3v) is 5.29. The second-order valence-electron chi connectivity index (χ2n) is 6.62. The molecule has 0 atom stereocenters. The van der Waals surface area contributed by atoms with Crippen molar-refractivity contribution in [1.29, 1.82) is 0 Å². The van der Waals surface area contributed by atoms with Crippen molar-refractivity contribution >= 4 is 46.3 Å². The number of nitrogens with zero attached hydrogens (tertiary/aromatic N) is 1. The smallest absolute Gasteiger partial charge is 0.271 e. The first-order chi connectivity index (χ1) is 15.2. The van der Waals surface area contributed by atoms with Crippen LogP contribution in [0.25, 0.3) is 10.8 Å². The summed E-state index contributed by atoms with van der Waals surface area (Å²) in [5, 5.41) is 9.58. The van der Waals surface area contributed by atoms with Gasteiger partial charge < -0.3 is 9.73 Å². The van der Waals surface area contributed by atoms with Gasteiger partial charge in [-0.2, -0.15) is 5.10 Å². The maximum atomic E-state index is 12.3. The number of carbonyl (C=O) groups excluding carboxylic acids is 2. The van der Waals surface area contributed by atoms with Gasteiger partial charge in [-0.1, -0.05) is 60.3 Å². The molecule has 31 heavy (non-hydrogen) atoms. The number of hydrazone groups is 1. The van der Waals surface area contributed by atoms with Crippen LogP contribution in [-0.4, -0.2) is 23.8 Å². The van der Waals surface area contributed by atoms with E-state index in [1.165, 1.54) is 18.0 Å². The van der Waals surface area contributed by atoms with Crippen LogP contribution in [0.3, 0.4) is 0 Å². The minimum Gasteiger partial charge on any atom is -0.449 e. The van der Waals surface area contributed by atoms with Crippen molar-refractivity contribution in [2.45, 2.75) is 5.09 Å². The van der Waals surface area contributed by atoms with E-state index >= 15 is 0 Å². The Morgan fingerprint density at radius 1 is 0.903 bits per heavy atom. The molecule has 0 spiro atoms. The molecule has 2 amide bonds. The Labute approximate surface area is 183 Å². The molecule has 1 heterocycles. The van der Waals surface area contributed by atoms with Gasteiger partial charge in [-0.15, -0.1) is 0 Å². The molecule has 0 aliphatic heterocycles. The molecule has 3 aromatic carbocycles. The number of hydrogen-bond donors (Lipinski definition) is 2. The van der Waals surface area contributed by atoms with E-state index in [1.54, 1.807) is 36.4 Å². The minimum atomic E-state index is -0.302. The van der Waals surface area contributed by atoms with Crippen LogP contribution < -0.4 is 10.7 Å². The zero-order valence-corrected chi connectivity index (χ0v) is 17.3. The first kappa shape index (κ1) is 20.4. The fourth-order valence-electron chi connectivity index (χ4n) is 2.89. The molecular weight excluding hydrogens is 410 g/mol. The van der Waals surface area contributed by atoms with Crippen molar-refractivity contribution in [2.24, 2.45) is 5.10 Å². The SMILES string of the molecule is O=C(CSc1ccc(/C=N/NC(=O)c2ccccc2)o1)Nc1ccc2ccccc2c1. The van der Waals surface area contributed by atoms with E-state index in [-0.39, 0.29) is 17.6 Å². The molecule has 0 aliphatic rings. The maximum Gasteiger partial charge on any atom is 0.271 e. The topological polar surface area (TPSA) is 83.7 Å². The van der Waals surface area contributed by atoms with Crippen LogP contribution in [0.5, 0.6) is 0 Å². The predicted octanol–water partition coefficient (Wildman–Crippen LogP) is 4.93. The summed E-state index contributed by atoms with van der Waals surface area (Å²) in [4.78, 5) is 24.2. The van der Waals surface area contributed by atoms with E-state index in [0.717, 1.165) is 16.5 Å². The Balaban J connectivity index is 1.26. The molecule has 7 heteroatoms. The second kappa shape index (κ2) is 9.77. The molecule has 0 fully saturated rings. The van der Waals surface area contributed by atoms with E-state index in [2.05, 4.69) is 15.8 Å². The highest BCUT2D eigenvalue weighted by Gasteiger charge is 2.08. The van der Waals surface area contributed by atoms with Gasteiger partial charge in [0.25, 0.3) is 5.91 Å². The Morgan fingerprint density at radius 2 is 1.68 bits per heavy atom. The Hall–Kier alpha value is -3.84. The molecule has 4 aromatic rings. The number of rotatable bonds is 7. The van der Waals surface area contributed by atoms with Crippen LogP contribution in [-0.2, 0) is 4.79 Å². The highest BCUT2D eigenvalue weighted by molar-refractivity contribution is 7.99. The molecule has 0 unspecified atom stereocenters. The summed E-state index contributed by atoms with van der Waals surface area (Å²) >= 11 is 1.28. The van der Waals surface area contributed by atoms with Crippen molar-refractivity contribution in [3.8, 4) is 0 Å². The summed E-state index contributed by atoms with van der Waals surface area (Å²) in [7, 11) is 0. The predicted molar refractivity (Wildman–Crippen MR) is 124 cm³/mol. The van der Waals surface area contributed by atoms with Gasteiger partial charge in [-0.25, -0.2) is 5.43 Å². The summed E-state index contributed by atoms with van der Waals surface area (Å²) in [5.41, 5.74) is 3.72. The quantitative estimate of drug-likeness (QED) is 0.248. The third-order valence-electron chi connectivity index (χ3n) is 4.37. The van der Waals surface area contributed by atoms with Gasteiger partial charge in [0, 0.05) is 11.3 Å². The molecular formula is C24H19N3O3S.